The molecule has 1 N–H and O–H groups in total. The summed E-state index contributed by atoms with van der Waals surface area (Å²) in [5.74, 6) is -0.458. The van der Waals surface area contributed by atoms with Crippen molar-refractivity contribution in [2.24, 2.45) is 0 Å². The van der Waals surface area contributed by atoms with Gasteiger partial charge in [0.2, 0.25) is 0 Å². The number of aryl methyl sites for hydroxylation is 1. The summed E-state index contributed by atoms with van der Waals surface area (Å²) in [5, 5.41) is 7.27. The molecule has 0 saturated carbocycles. The van der Waals surface area contributed by atoms with E-state index in [1.807, 2.05) is 0 Å². The van der Waals surface area contributed by atoms with Crippen molar-refractivity contribution in [1.29, 1.82) is 5.41 Å². The number of hydrogen-bond acceptors (Lipinski definition) is 4. The van der Waals surface area contributed by atoms with Crippen LogP contribution in [0.15, 0.2) is 12.1 Å². The average molecular weight is 218 g/mol. The molecule has 0 atom stereocenters. The van der Waals surface area contributed by atoms with Crippen molar-refractivity contribution < 1.29 is 9.59 Å². The highest BCUT2D eigenvalue weighted by Crippen LogP contribution is 2.11. The third kappa shape index (κ3) is 2.82. The van der Waals surface area contributed by atoms with Crippen molar-refractivity contribution >= 4 is 17.3 Å². The van der Waals surface area contributed by atoms with Crippen LogP contribution in [0.4, 0.5) is 0 Å². The number of nitrogens with zero attached hydrogens (tertiary/aromatic N) is 1. The van der Waals surface area contributed by atoms with Gasteiger partial charge in [-0.05, 0) is 26.0 Å². The molecule has 0 fully saturated rings. The Hall–Kier alpha value is -1.84. The predicted octanol–water partition coefficient (Wildman–Crippen LogP) is 2.21. The lowest BCUT2D eigenvalue weighted by Crippen LogP contribution is -2.12. The first-order chi connectivity index (χ1) is 7.41. The van der Waals surface area contributed by atoms with E-state index in [0.29, 0.717) is 11.3 Å². The Morgan fingerprint density at radius 1 is 1.31 bits per heavy atom. The van der Waals surface area contributed by atoms with Crippen molar-refractivity contribution in [2.75, 3.05) is 0 Å². The standard InChI is InChI=1S/C12H14N2O2/c1-7(13)6-11(16)10-5-4-8(2)14-12(10)9(3)15/h4-5,13H,6H2,1-3H3. The van der Waals surface area contributed by atoms with E-state index in [2.05, 4.69) is 4.98 Å². The molecule has 0 aromatic carbocycles. The van der Waals surface area contributed by atoms with Crippen LogP contribution in [-0.2, 0) is 0 Å². The summed E-state index contributed by atoms with van der Waals surface area (Å²) in [4.78, 5) is 27.2. The zero-order chi connectivity index (χ0) is 12.3. The molecule has 0 spiro atoms. The minimum Gasteiger partial charge on any atom is -0.310 e. The fourth-order valence-corrected chi connectivity index (χ4v) is 1.39. The molecule has 1 aromatic heterocycles. The highest BCUT2D eigenvalue weighted by Gasteiger charge is 2.16. The molecule has 4 nitrogen and oxygen atoms in total. The van der Waals surface area contributed by atoms with Gasteiger partial charge in [0, 0.05) is 30.3 Å². The summed E-state index contributed by atoms with van der Waals surface area (Å²) in [7, 11) is 0. The van der Waals surface area contributed by atoms with Gasteiger partial charge < -0.3 is 5.41 Å². The van der Waals surface area contributed by atoms with E-state index in [0.717, 1.165) is 0 Å². The van der Waals surface area contributed by atoms with Gasteiger partial charge in [-0.25, -0.2) is 4.98 Å². The highest BCUT2D eigenvalue weighted by molar-refractivity contribution is 6.13. The Morgan fingerprint density at radius 2 is 1.94 bits per heavy atom. The summed E-state index contributed by atoms with van der Waals surface area (Å²) in [5.41, 5.74) is 1.49. The largest absolute Gasteiger partial charge is 0.310 e. The fraction of sp³-hybridized carbons (Fsp3) is 0.333. The maximum absolute atomic E-state index is 11.8. The summed E-state index contributed by atoms with van der Waals surface area (Å²) >= 11 is 0. The van der Waals surface area contributed by atoms with E-state index in [1.54, 1.807) is 26.0 Å². The molecule has 0 aliphatic heterocycles. The van der Waals surface area contributed by atoms with Gasteiger partial charge in [0.15, 0.2) is 11.6 Å². The molecule has 4 heteroatoms. The van der Waals surface area contributed by atoms with Crippen molar-refractivity contribution in [3.05, 3.63) is 29.1 Å². The first-order valence-corrected chi connectivity index (χ1v) is 4.97. The summed E-state index contributed by atoms with van der Waals surface area (Å²) in [6.45, 7) is 4.71. The van der Waals surface area contributed by atoms with Gasteiger partial charge in [0.1, 0.15) is 5.69 Å². The lowest BCUT2D eigenvalue weighted by Gasteiger charge is -2.05. The Balaban J connectivity index is 3.17. The number of nitrogens with one attached hydrogen (secondary N) is 1. The monoisotopic (exact) mass is 218 g/mol. The van der Waals surface area contributed by atoms with Gasteiger partial charge >= 0.3 is 0 Å². The molecule has 0 saturated heterocycles. The lowest BCUT2D eigenvalue weighted by molar-refractivity contribution is 0.0970. The molecule has 0 aliphatic rings. The summed E-state index contributed by atoms with van der Waals surface area (Å²) in [6.07, 6.45) is 0.0328. The van der Waals surface area contributed by atoms with Crippen LogP contribution in [0.1, 0.15) is 46.8 Å². The quantitative estimate of drug-likeness (QED) is 0.622. The van der Waals surface area contributed by atoms with Crippen molar-refractivity contribution in [1.82, 2.24) is 4.98 Å². The molecular weight excluding hydrogens is 204 g/mol. The maximum atomic E-state index is 11.8. The second-order valence-corrected chi connectivity index (χ2v) is 3.79. The van der Waals surface area contributed by atoms with Crippen molar-refractivity contribution in [3.63, 3.8) is 0 Å². The Labute approximate surface area is 94.2 Å². The molecule has 1 rings (SSSR count). The number of pyridine rings is 1. The number of hydrogen-bond donors (Lipinski definition) is 1. The van der Waals surface area contributed by atoms with Crippen LogP contribution in [-0.4, -0.2) is 22.3 Å². The molecule has 0 unspecified atom stereocenters. The number of rotatable bonds is 4. The van der Waals surface area contributed by atoms with Crippen LogP contribution in [0.2, 0.25) is 0 Å². The van der Waals surface area contributed by atoms with E-state index >= 15 is 0 Å². The fourth-order valence-electron chi connectivity index (χ4n) is 1.39. The molecule has 1 aromatic rings. The van der Waals surface area contributed by atoms with Gasteiger partial charge in [0.25, 0.3) is 0 Å². The molecule has 84 valence electrons. The number of carbonyl (C=O) groups is 2. The van der Waals surface area contributed by atoms with Crippen LogP contribution in [0.3, 0.4) is 0 Å². The average Bonchev–Trinajstić information content (AvgIpc) is 2.16. The first-order valence-electron chi connectivity index (χ1n) is 4.97. The van der Waals surface area contributed by atoms with E-state index < -0.39 is 0 Å². The predicted molar refractivity (Wildman–Crippen MR) is 61.3 cm³/mol. The number of carbonyl (C=O) groups excluding carboxylic acids is 2. The second-order valence-electron chi connectivity index (χ2n) is 3.79. The Bertz CT molecular complexity index is 464. The summed E-state index contributed by atoms with van der Waals surface area (Å²) in [6, 6.07) is 3.29. The third-order valence-electron chi connectivity index (χ3n) is 2.09. The molecule has 0 bridgehead atoms. The van der Waals surface area contributed by atoms with Gasteiger partial charge in [0.05, 0.1) is 0 Å². The normalized spacial score (nSPS) is 9.94. The Morgan fingerprint density at radius 3 is 2.44 bits per heavy atom. The minimum absolute atomic E-state index is 0.0328. The van der Waals surface area contributed by atoms with Crippen LogP contribution >= 0.6 is 0 Å². The van der Waals surface area contributed by atoms with Crippen LogP contribution in [0, 0.1) is 12.3 Å². The second kappa shape index (κ2) is 4.79. The zero-order valence-electron chi connectivity index (χ0n) is 9.63. The Kier molecular flexibility index (Phi) is 3.66. The number of Topliss-reactive ketones (excluding diaryl/α,β-unsaturated/α-hetero) is 2. The molecule has 16 heavy (non-hydrogen) atoms. The lowest BCUT2D eigenvalue weighted by atomic mass is 10.0. The van der Waals surface area contributed by atoms with Gasteiger partial charge in [-0.1, -0.05) is 0 Å². The molecular formula is C12H14N2O2. The van der Waals surface area contributed by atoms with Gasteiger partial charge in [-0.3, -0.25) is 9.59 Å². The van der Waals surface area contributed by atoms with Crippen molar-refractivity contribution in [3.8, 4) is 0 Å². The third-order valence-corrected chi connectivity index (χ3v) is 2.09. The zero-order valence-corrected chi connectivity index (χ0v) is 9.63. The van der Waals surface area contributed by atoms with Crippen molar-refractivity contribution in [2.45, 2.75) is 27.2 Å². The highest BCUT2D eigenvalue weighted by atomic mass is 16.1. The van der Waals surface area contributed by atoms with Crippen LogP contribution < -0.4 is 0 Å². The molecule has 0 aliphatic carbocycles. The number of ketones is 2. The molecule has 0 amide bonds. The van der Waals surface area contributed by atoms with E-state index in [4.69, 9.17) is 5.41 Å². The first kappa shape index (κ1) is 12.2. The topological polar surface area (TPSA) is 70.9 Å². The maximum Gasteiger partial charge on any atom is 0.178 e. The SMILES string of the molecule is CC(=N)CC(=O)c1ccc(C)nc1C(C)=O. The molecule has 0 radical (unpaired) electrons. The van der Waals surface area contributed by atoms with E-state index in [-0.39, 0.29) is 29.4 Å². The van der Waals surface area contributed by atoms with Gasteiger partial charge in [-0.2, -0.15) is 0 Å². The molecule has 1 heterocycles. The van der Waals surface area contributed by atoms with E-state index in [9.17, 15) is 9.59 Å². The van der Waals surface area contributed by atoms with Gasteiger partial charge in [-0.15, -0.1) is 0 Å². The van der Waals surface area contributed by atoms with Crippen LogP contribution in [0.25, 0.3) is 0 Å². The summed E-state index contributed by atoms with van der Waals surface area (Å²) < 4.78 is 0. The number of aromatic nitrogens is 1. The smallest absolute Gasteiger partial charge is 0.178 e. The minimum atomic E-state index is -0.231. The van der Waals surface area contributed by atoms with Crippen LogP contribution in [0.5, 0.6) is 0 Å². The van der Waals surface area contributed by atoms with E-state index in [1.165, 1.54) is 6.92 Å².